The summed E-state index contributed by atoms with van der Waals surface area (Å²) in [6.07, 6.45) is 0.298. The van der Waals surface area contributed by atoms with Crippen LogP contribution in [0.4, 0.5) is 5.69 Å². The van der Waals surface area contributed by atoms with Gasteiger partial charge in [-0.1, -0.05) is 23.7 Å². The van der Waals surface area contributed by atoms with Gasteiger partial charge < -0.3 is 0 Å². The first kappa shape index (κ1) is 14.9. The van der Waals surface area contributed by atoms with Crippen LogP contribution in [0.3, 0.4) is 0 Å². The van der Waals surface area contributed by atoms with Crippen LogP contribution < -0.4 is 4.72 Å². The molecule has 0 aliphatic carbocycles. The van der Waals surface area contributed by atoms with E-state index in [2.05, 4.69) is 4.72 Å². The number of sulfonamides is 1. The van der Waals surface area contributed by atoms with E-state index in [4.69, 9.17) is 16.9 Å². The lowest BCUT2D eigenvalue weighted by molar-refractivity contribution is 0.603. The van der Waals surface area contributed by atoms with Crippen LogP contribution in [-0.4, -0.2) is 8.42 Å². The summed E-state index contributed by atoms with van der Waals surface area (Å²) in [6, 6.07) is 10.3. The number of halogens is 1. The summed E-state index contributed by atoms with van der Waals surface area (Å²) in [5.41, 5.74) is 2.03. The lowest BCUT2D eigenvalue weighted by atomic mass is 10.1. The van der Waals surface area contributed by atoms with Gasteiger partial charge in [0.15, 0.2) is 0 Å². The Bertz CT molecular complexity index is 739. The summed E-state index contributed by atoms with van der Waals surface area (Å²) in [5.74, 6) is 0. The number of anilines is 1. The third kappa shape index (κ3) is 3.31. The molecule has 1 N–H and O–H groups in total. The predicted molar refractivity (Wildman–Crippen MR) is 80.6 cm³/mol. The van der Waals surface area contributed by atoms with Gasteiger partial charge in [0.2, 0.25) is 0 Å². The minimum absolute atomic E-state index is 0.182. The molecular formula is C13H11ClN2O2S2. The maximum Gasteiger partial charge on any atom is 0.271 e. The Labute approximate surface area is 126 Å². The van der Waals surface area contributed by atoms with Crippen LogP contribution in [0.2, 0.25) is 4.34 Å². The van der Waals surface area contributed by atoms with E-state index in [9.17, 15) is 8.42 Å². The van der Waals surface area contributed by atoms with E-state index in [1.165, 1.54) is 0 Å². The molecule has 104 valence electrons. The first-order valence-electron chi connectivity index (χ1n) is 5.67. The summed E-state index contributed by atoms with van der Waals surface area (Å²) in [4.78, 5) is 0. The molecule has 0 radical (unpaired) electrons. The highest BCUT2D eigenvalue weighted by Crippen LogP contribution is 2.31. The van der Waals surface area contributed by atoms with E-state index in [0.29, 0.717) is 16.4 Å². The molecule has 0 amide bonds. The number of thiophene rings is 1. The van der Waals surface area contributed by atoms with Gasteiger partial charge in [-0.15, -0.1) is 11.3 Å². The number of nitriles is 1. The first-order chi connectivity index (χ1) is 9.42. The van der Waals surface area contributed by atoms with Crippen molar-refractivity contribution in [3.05, 3.63) is 45.8 Å². The molecule has 1 aromatic heterocycles. The van der Waals surface area contributed by atoms with Gasteiger partial charge in [-0.2, -0.15) is 5.26 Å². The standard InChI is InChI=1S/C13H11ClN2O2S2/c1-9-8-12(19-13(9)14)20(17,18)16-11-4-2-10(3-5-11)6-7-15/h2-5,8,16H,6H2,1H3. The fourth-order valence-electron chi connectivity index (χ4n) is 1.55. The molecule has 2 rings (SSSR count). The average Bonchev–Trinajstić information content (AvgIpc) is 2.73. The minimum Gasteiger partial charge on any atom is -0.279 e. The van der Waals surface area contributed by atoms with Crippen molar-refractivity contribution in [3.63, 3.8) is 0 Å². The quantitative estimate of drug-likeness (QED) is 0.933. The van der Waals surface area contributed by atoms with Gasteiger partial charge in [0.05, 0.1) is 16.8 Å². The van der Waals surface area contributed by atoms with Gasteiger partial charge in [0, 0.05) is 5.69 Å². The molecule has 20 heavy (non-hydrogen) atoms. The van der Waals surface area contributed by atoms with Gasteiger partial charge in [-0.05, 0) is 36.2 Å². The van der Waals surface area contributed by atoms with Crippen molar-refractivity contribution in [2.24, 2.45) is 0 Å². The monoisotopic (exact) mass is 326 g/mol. The Balaban J connectivity index is 2.22. The number of nitrogens with one attached hydrogen (secondary N) is 1. The number of rotatable bonds is 4. The molecule has 4 nitrogen and oxygen atoms in total. The van der Waals surface area contributed by atoms with Crippen LogP contribution in [0.5, 0.6) is 0 Å². The molecule has 0 fully saturated rings. The fourth-order valence-corrected chi connectivity index (χ4v) is 4.32. The summed E-state index contributed by atoms with van der Waals surface area (Å²) < 4.78 is 27.5. The highest BCUT2D eigenvalue weighted by molar-refractivity contribution is 7.94. The van der Waals surface area contributed by atoms with Gasteiger partial charge in [0.1, 0.15) is 4.21 Å². The summed E-state index contributed by atoms with van der Waals surface area (Å²) >= 11 is 6.91. The minimum atomic E-state index is -3.62. The Kier molecular flexibility index (Phi) is 4.33. The second-order valence-corrected chi connectivity index (χ2v) is 7.72. The second kappa shape index (κ2) is 5.83. The number of hydrogen-bond acceptors (Lipinski definition) is 4. The summed E-state index contributed by atoms with van der Waals surface area (Å²) in [6.45, 7) is 1.76. The van der Waals surface area contributed by atoms with Crippen molar-refractivity contribution in [2.75, 3.05) is 4.72 Å². The average molecular weight is 327 g/mol. The van der Waals surface area contributed by atoms with Crippen LogP contribution in [0.1, 0.15) is 11.1 Å². The molecule has 2 aromatic rings. The molecule has 0 saturated heterocycles. The number of benzene rings is 1. The normalized spacial score (nSPS) is 11.1. The molecule has 1 heterocycles. The van der Waals surface area contributed by atoms with E-state index >= 15 is 0 Å². The van der Waals surface area contributed by atoms with Gasteiger partial charge in [0.25, 0.3) is 10.0 Å². The van der Waals surface area contributed by atoms with E-state index < -0.39 is 10.0 Å². The van der Waals surface area contributed by atoms with Crippen molar-refractivity contribution in [1.29, 1.82) is 5.26 Å². The van der Waals surface area contributed by atoms with Gasteiger partial charge in [-0.3, -0.25) is 4.72 Å². The SMILES string of the molecule is Cc1cc(S(=O)(=O)Nc2ccc(CC#N)cc2)sc1Cl. The predicted octanol–water partition coefficient (Wildman–Crippen LogP) is 3.58. The molecule has 0 saturated carbocycles. The van der Waals surface area contributed by atoms with Crippen molar-refractivity contribution in [2.45, 2.75) is 17.6 Å². The molecule has 0 aliphatic rings. The highest BCUT2D eigenvalue weighted by Gasteiger charge is 2.18. The molecule has 0 unspecified atom stereocenters. The van der Waals surface area contributed by atoms with E-state index in [1.54, 1.807) is 37.3 Å². The summed E-state index contributed by atoms with van der Waals surface area (Å²) in [5, 5.41) is 8.58. The number of aryl methyl sites for hydroxylation is 1. The Morgan fingerprint density at radius 2 is 2.00 bits per heavy atom. The third-order valence-corrected chi connectivity index (χ3v) is 6.00. The van der Waals surface area contributed by atoms with Gasteiger partial charge in [-0.25, -0.2) is 8.42 Å². The molecule has 0 spiro atoms. The van der Waals surface area contributed by atoms with Crippen LogP contribution in [0.25, 0.3) is 0 Å². The van der Waals surface area contributed by atoms with Gasteiger partial charge >= 0.3 is 0 Å². The lowest BCUT2D eigenvalue weighted by Gasteiger charge is -2.06. The maximum absolute atomic E-state index is 12.2. The molecule has 0 aliphatic heterocycles. The van der Waals surface area contributed by atoms with Crippen LogP contribution in [-0.2, 0) is 16.4 Å². The van der Waals surface area contributed by atoms with Crippen LogP contribution in [0.15, 0.2) is 34.5 Å². The zero-order valence-corrected chi connectivity index (χ0v) is 12.9. The summed E-state index contributed by atoms with van der Waals surface area (Å²) in [7, 11) is -3.62. The number of nitrogens with zero attached hydrogens (tertiary/aromatic N) is 1. The molecule has 7 heteroatoms. The first-order valence-corrected chi connectivity index (χ1v) is 8.35. The van der Waals surface area contributed by atoms with E-state index in [1.807, 2.05) is 6.07 Å². The van der Waals surface area contributed by atoms with E-state index in [-0.39, 0.29) is 4.21 Å². The van der Waals surface area contributed by atoms with Crippen LogP contribution >= 0.6 is 22.9 Å². The van der Waals surface area contributed by atoms with Crippen LogP contribution in [0, 0.1) is 18.3 Å². The zero-order chi connectivity index (χ0) is 14.8. The maximum atomic E-state index is 12.2. The smallest absolute Gasteiger partial charge is 0.271 e. The molecule has 1 aromatic carbocycles. The van der Waals surface area contributed by atoms with Crippen molar-refractivity contribution < 1.29 is 8.42 Å². The molecular weight excluding hydrogens is 316 g/mol. The number of hydrogen-bond donors (Lipinski definition) is 1. The lowest BCUT2D eigenvalue weighted by Crippen LogP contribution is -2.11. The zero-order valence-electron chi connectivity index (χ0n) is 10.6. The topological polar surface area (TPSA) is 70.0 Å². The van der Waals surface area contributed by atoms with Crippen molar-refractivity contribution in [3.8, 4) is 6.07 Å². The Hall–Kier alpha value is -1.55. The Morgan fingerprint density at radius 1 is 1.35 bits per heavy atom. The largest absolute Gasteiger partial charge is 0.279 e. The van der Waals surface area contributed by atoms with Crippen molar-refractivity contribution >= 4 is 38.6 Å². The van der Waals surface area contributed by atoms with E-state index in [0.717, 1.165) is 22.5 Å². The van der Waals surface area contributed by atoms with Crippen molar-refractivity contribution in [1.82, 2.24) is 0 Å². The fraction of sp³-hybridized carbons (Fsp3) is 0.154. The molecule has 0 atom stereocenters. The Morgan fingerprint density at radius 3 is 2.50 bits per heavy atom. The second-order valence-electron chi connectivity index (χ2n) is 4.16. The highest BCUT2D eigenvalue weighted by atomic mass is 35.5. The third-order valence-electron chi connectivity index (χ3n) is 2.59. The molecule has 0 bridgehead atoms.